The van der Waals surface area contributed by atoms with Crippen molar-refractivity contribution in [2.24, 2.45) is 5.73 Å². The molecular weight excluding hydrogens is 321 g/mol. The molecule has 1 heterocycles. The highest BCUT2D eigenvalue weighted by Gasteiger charge is 2.25. The maximum absolute atomic E-state index is 13.8. The van der Waals surface area contributed by atoms with Gasteiger partial charge in [0.1, 0.15) is 5.82 Å². The molecule has 1 aliphatic rings. The molecule has 2 aromatic carbocycles. The molecule has 0 unspecified atom stereocenters. The van der Waals surface area contributed by atoms with Gasteiger partial charge in [-0.05, 0) is 43.2 Å². The topological polar surface area (TPSA) is 75.4 Å². The Morgan fingerprint density at radius 2 is 2.00 bits per heavy atom. The molecule has 6 heteroatoms. The van der Waals surface area contributed by atoms with Gasteiger partial charge in [0, 0.05) is 30.4 Å². The summed E-state index contributed by atoms with van der Waals surface area (Å²) in [5.41, 5.74) is 7.57. The van der Waals surface area contributed by atoms with E-state index in [2.05, 4.69) is 5.32 Å². The van der Waals surface area contributed by atoms with Crippen molar-refractivity contribution in [1.82, 2.24) is 4.90 Å². The van der Waals surface area contributed by atoms with E-state index in [0.29, 0.717) is 24.3 Å². The molecule has 2 amide bonds. The predicted molar refractivity (Wildman–Crippen MR) is 94.0 cm³/mol. The molecule has 5 nitrogen and oxygen atoms in total. The number of anilines is 1. The van der Waals surface area contributed by atoms with E-state index >= 15 is 0 Å². The van der Waals surface area contributed by atoms with Crippen molar-refractivity contribution < 1.29 is 14.0 Å². The summed E-state index contributed by atoms with van der Waals surface area (Å²) in [6.07, 6.45) is 0.786. The smallest absolute Gasteiger partial charge is 0.258 e. The van der Waals surface area contributed by atoms with Gasteiger partial charge in [0.2, 0.25) is 0 Å². The van der Waals surface area contributed by atoms with Gasteiger partial charge >= 0.3 is 0 Å². The Bertz CT molecular complexity index is 822. The Kier molecular flexibility index (Phi) is 4.81. The lowest BCUT2D eigenvalue weighted by atomic mass is 10.1. The zero-order valence-corrected chi connectivity index (χ0v) is 14.0. The van der Waals surface area contributed by atoms with Gasteiger partial charge in [-0.15, -0.1) is 0 Å². The molecule has 0 radical (unpaired) electrons. The number of nitrogens with two attached hydrogens (primary N) is 1. The molecule has 0 saturated carbocycles. The average molecular weight is 341 g/mol. The van der Waals surface area contributed by atoms with E-state index in [9.17, 15) is 14.0 Å². The van der Waals surface area contributed by atoms with Gasteiger partial charge < -0.3 is 16.0 Å². The Labute approximate surface area is 145 Å². The van der Waals surface area contributed by atoms with Gasteiger partial charge in [0.15, 0.2) is 0 Å². The Morgan fingerprint density at radius 3 is 2.68 bits per heavy atom. The molecule has 1 fully saturated rings. The molecule has 1 aliphatic heterocycles. The molecule has 2 aromatic rings. The number of benzene rings is 2. The number of halogens is 1. The highest BCUT2D eigenvalue weighted by Crippen LogP contribution is 2.21. The molecule has 3 rings (SSSR count). The van der Waals surface area contributed by atoms with Crippen molar-refractivity contribution in [1.29, 1.82) is 0 Å². The highest BCUT2D eigenvalue weighted by molar-refractivity contribution is 6.05. The van der Waals surface area contributed by atoms with Crippen molar-refractivity contribution in [2.75, 3.05) is 18.4 Å². The maximum atomic E-state index is 13.8. The number of amides is 2. The Morgan fingerprint density at radius 1 is 1.24 bits per heavy atom. The zero-order chi connectivity index (χ0) is 18.0. The van der Waals surface area contributed by atoms with Crippen molar-refractivity contribution >= 4 is 17.5 Å². The van der Waals surface area contributed by atoms with Crippen LogP contribution < -0.4 is 11.1 Å². The van der Waals surface area contributed by atoms with Crippen LogP contribution in [0.15, 0.2) is 42.5 Å². The van der Waals surface area contributed by atoms with Crippen molar-refractivity contribution in [3.8, 4) is 0 Å². The normalized spacial score (nSPS) is 16.8. The first-order chi connectivity index (χ1) is 12.0. The molecule has 0 spiro atoms. The SMILES string of the molecule is Cc1ccc(C(=O)N2CC[C@@H](N)C2)cc1NC(=O)c1ccccc1F. The van der Waals surface area contributed by atoms with E-state index in [0.717, 1.165) is 12.0 Å². The van der Waals surface area contributed by atoms with Crippen LogP contribution in [0.25, 0.3) is 0 Å². The van der Waals surface area contributed by atoms with Gasteiger partial charge in [-0.1, -0.05) is 18.2 Å². The molecule has 1 saturated heterocycles. The number of aryl methyl sites for hydroxylation is 1. The quantitative estimate of drug-likeness (QED) is 0.901. The highest BCUT2D eigenvalue weighted by atomic mass is 19.1. The van der Waals surface area contributed by atoms with Crippen LogP contribution in [0, 0.1) is 12.7 Å². The summed E-state index contributed by atoms with van der Waals surface area (Å²) >= 11 is 0. The predicted octanol–water partition coefficient (Wildman–Crippen LogP) is 2.56. The molecule has 1 atom stereocenters. The van der Waals surface area contributed by atoms with E-state index in [1.807, 2.05) is 6.92 Å². The van der Waals surface area contributed by atoms with Crippen LogP contribution in [0.4, 0.5) is 10.1 Å². The van der Waals surface area contributed by atoms with Crippen LogP contribution in [0.3, 0.4) is 0 Å². The van der Waals surface area contributed by atoms with Crippen LogP contribution in [0.2, 0.25) is 0 Å². The second-order valence-corrected chi connectivity index (χ2v) is 6.26. The second kappa shape index (κ2) is 7.03. The summed E-state index contributed by atoms with van der Waals surface area (Å²) in [7, 11) is 0. The molecule has 130 valence electrons. The van der Waals surface area contributed by atoms with Crippen molar-refractivity contribution in [3.63, 3.8) is 0 Å². The number of likely N-dealkylation sites (tertiary alicyclic amines) is 1. The van der Waals surface area contributed by atoms with E-state index < -0.39 is 11.7 Å². The van der Waals surface area contributed by atoms with Gasteiger partial charge in [0.05, 0.1) is 5.56 Å². The van der Waals surface area contributed by atoms with Gasteiger partial charge in [-0.25, -0.2) is 4.39 Å². The number of carbonyl (C=O) groups excluding carboxylic acids is 2. The van der Waals surface area contributed by atoms with E-state index in [-0.39, 0.29) is 17.5 Å². The summed E-state index contributed by atoms with van der Waals surface area (Å²) in [5, 5.41) is 2.69. The van der Waals surface area contributed by atoms with Gasteiger partial charge in [0.25, 0.3) is 11.8 Å². The number of hydrogen-bond acceptors (Lipinski definition) is 3. The van der Waals surface area contributed by atoms with Gasteiger partial charge in [-0.3, -0.25) is 9.59 Å². The first kappa shape index (κ1) is 17.1. The third kappa shape index (κ3) is 3.69. The van der Waals surface area contributed by atoms with Crippen LogP contribution in [0.5, 0.6) is 0 Å². The number of rotatable bonds is 3. The first-order valence-electron chi connectivity index (χ1n) is 8.17. The molecule has 25 heavy (non-hydrogen) atoms. The number of nitrogens with zero attached hydrogens (tertiary/aromatic N) is 1. The lowest BCUT2D eigenvalue weighted by molar-refractivity contribution is 0.0790. The number of hydrogen-bond donors (Lipinski definition) is 2. The Balaban J connectivity index is 1.81. The second-order valence-electron chi connectivity index (χ2n) is 6.26. The van der Waals surface area contributed by atoms with E-state index in [1.165, 1.54) is 18.2 Å². The fraction of sp³-hybridized carbons (Fsp3) is 0.263. The lowest BCUT2D eigenvalue weighted by Crippen LogP contribution is -2.32. The van der Waals surface area contributed by atoms with Crippen LogP contribution in [-0.4, -0.2) is 35.8 Å². The van der Waals surface area contributed by atoms with Gasteiger partial charge in [-0.2, -0.15) is 0 Å². The third-order valence-electron chi connectivity index (χ3n) is 4.36. The average Bonchev–Trinajstić information content (AvgIpc) is 3.03. The molecule has 0 bridgehead atoms. The standard InChI is InChI=1S/C19H20FN3O2/c1-12-6-7-13(19(25)23-9-8-14(21)11-23)10-17(12)22-18(24)15-4-2-3-5-16(15)20/h2-7,10,14H,8-9,11,21H2,1H3,(H,22,24)/t14-/m1/s1. The summed E-state index contributed by atoms with van der Waals surface area (Å²) in [5.74, 6) is -1.25. The minimum Gasteiger partial charge on any atom is -0.337 e. The van der Waals surface area contributed by atoms with Crippen molar-refractivity contribution in [2.45, 2.75) is 19.4 Å². The zero-order valence-electron chi connectivity index (χ0n) is 14.0. The van der Waals surface area contributed by atoms with Crippen LogP contribution in [-0.2, 0) is 0 Å². The molecular formula is C19H20FN3O2. The molecule has 3 N–H and O–H groups in total. The summed E-state index contributed by atoms with van der Waals surface area (Å²) in [6.45, 7) is 2.98. The van der Waals surface area contributed by atoms with E-state index in [4.69, 9.17) is 5.73 Å². The fourth-order valence-corrected chi connectivity index (χ4v) is 2.88. The summed E-state index contributed by atoms with van der Waals surface area (Å²) < 4.78 is 13.8. The maximum Gasteiger partial charge on any atom is 0.258 e. The van der Waals surface area contributed by atoms with Crippen LogP contribution >= 0.6 is 0 Å². The van der Waals surface area contributed by atoms with Crippen molar-refractivity contribution in [3.05, 3.63) is 65.0 Å². The molecule has 0 aliphatic carbocycles. The number of carbonyl (C=O) groups is 2. The molecule has 0 aromatic heterocycles. The minimum absolute atomic E-state index is 0.00891. The monoisotopic (exact) mass is 341 g/mol. The third-order valence-corrected chi connectivity index (χ3v) is 4.36. The summed E-state index contributed by atoms with van der Waals surface area (Å²) in [6, 6.07) is 10.9. The largest absolute Gasteiger partial charge is 0.337 e. The van der Waals surface area contributed by atoms with Crippen LogP contribution in [0.1, 0.15) is 32.7 Å². The Hall–Kier alpha value is -2.73. The lowest BCUT2D eigenvalue weighted by Gasteiger charge is -2.17. The first-order valence-corrected chi connectivity index (χ1v) is 8.17. The fourth-order valence-electron chi connectivity index (χ4n) is 2.88. The number of nitrogens with one attached hydrogen (secondary N) is 1. The van der Waals surface area contributed by atoms with E-state index in [1.54, 1.807) is 29.2 Å². The minimum atomic E-state index is -0.587. The summed E-state index contributed by atoms with van der Waals surface area (Å²) in [4.78, 5) is 26.6.